The number of carbonyl (C=O) groups is 2. The number of hydrogen-bond donors (Lipinski definition) is 5. The summed E-state index contributed by atoms with van der Waals surface area (Å²) in [5.41, 5.74) is -5.36. The van der Waals surface area contributed by atoms with Gasteiger partial charge >= 0.3 is 5.97 Å². The maximum atomic E-state index is 12.6. The summed E-state index contributed by atoms with van der Waals surface area (Å²) in [6.07, 6.45) is -1.42. The molecule has 170 valence electrons. The minimum absolute atomic E-state index is 0.0899. The highest BCUT2D eigenvalue weighted by molar-refractivity contribution is 5.81. The molecule has 4 rings (SSSR count). The fourth-order valence-electron chi connectivity index (χ4n) is 7.94. The van der Waals surface area contributed by atoms with E-state index >= 15 is 0 Å². The molecule has 0 radical (unpaired) electrons. The maximum absolute atomic E-state index is 12.6. The summed E-state index contributed by atoms with van der Waals surface area (Å²) in [6, 6.07) is 0. The SMILES string of the molecule is CCOC(=O)[C@@H]1CC[C@]2(O)[C@H]3CC[C@@]4(O)CC(=O)C[C@H](O)[C@]4(CO)[C@@H]3[C@H](O)C[C@@]12C. The van der Waals surface area contributed by atoms with Crippen molar-refractivity contribution in [2.75, 3.05) is 13.2 Å². The molecule has 0 aliphatic heterocycles. The minimum Gasteiger partial charge on any atom is -0.466 e. The topological polar surface area (TPSA) is 145 Å². The minimum atomic E-state index is -1.64. The van der Waals surface area contributed by atoms with Crippen LogP contribution in [0.3, 0.4) is 0 Å². The average Bonchev–Trinajstić information content (AvgIpc) is 2.92. The number of Topliss-reactive ketones (excluding diaryl/α,β-unsaturated/α-hetero) is 1. The lowest BCUT2D eigenvalue weighted by Crippen LogP contribution is -2.75. The van der Waals surface area contributed by atoms with Gasteiger partial charge in [0.05, 0.1) is 48.0 Å². The van der Waals surface area contributed by atoms with Crippen LogP contribution in [0.1, 0.15) is 58.8 Å². The van der Waals surface area contributed by atoms with E-state index in [4.69, 9.17) is 4.74 Å². The van der Waals surface area contributed by atoms with Crippen LogP contribution < -0.4 is 0 Å². The molecule has 4 saturated carbocycles. The molecule has 0 spiro atoms. The highest BCUT2D eigenvalue weighted by Crippen LogP contribution is 2.69. The molecular formula is C22H34O8. The number of aliphatic hydroxyl groups excluding tert-OH is 3. The molecule has 30 heavy (non-hydrogen) atoms. The monoisotopic (exact) mass is 426 g/mol. The van der Waals surface area contributed by atoms with Gasteiger partial charge in [-0.05, 0) is 44.9 Å². The second-order valence-corrected chi connectivity index (χ2v) is 10.3. The first-order valence-electron chi connectivity index (χ1n) is 11.1. The smallest absolute Gasteiger partial charge is 0.309 e. The van der Waals surface area contributed by atoms with Gasteiger partial charge in [-0.3, -0.25) is 9.59 Å². The Balaban J connectivity index is 1.79. The van der Waals surface area contributed by atoms with Crippen LogP contribution in [-0.2, 0) is 14.3 Å². The molecule has 5 N–H and O–H groups in total. The molecule has 0 aromatic rings. The Morgan fingerprint density at radius 2 is 1.90 bits per heavy atom. The van der Waals surface area contributed by atoms with E-state index in [1.807, 2.05) is 6.92 Å². The molecule has 4 aliphatic rings. The molecule has 0 amide bonds. The van der Waals surface area contributed by atoms with Crippen LogP contribution in [0.25, 0.3) is 0 Å². The lowest BCUT2D eigenvalue weighted by Gasteiger charge is -2.67. The Labute approximate surface area is 176 Å². The van der Waals surface area contributed by atoms with Gasteiger partial charge in [0.15, 0.2) is 0 Å². The molecular weight excluding hydrogens is 392 g/mol. The number of ether oxygens (including phenoxy) is 1. The first kappa shape index (κ1) is 22.1. The average molecular weight is 427 g/mol. The van der Waals surface area contributed by atoms with Gasteiger partial charge in [-0.15, -0.1) is 0 Å². The molecule has 8 heteroatoms. The fraction of sp³-hybridized carbons (Fsp3) is 0.909. The number of ketones is 1. The second-order valence-electron chi connectivity index (χ2n) is 10.3. The summed E-state index contributed by atoms with van der Waals surface area (Å²) in [6.45, 7) is 3.18. The largest absolute Gasteiger partial charge is 0.466 e. The van der Waals surface area contributed by atoms with Gasteiger partial charge in [-0.1, -0.05) is 6.92 Å². The van der Waals surface area contributed by atoms with E-state index in [2.05, 4.69) is 0 Å². The quantitative estimate of drug-likeness (QED) is 0.394. The van der Waals surface area contributed by atoms with E-state index in [9.17, 15) is 35.1 Å². The van der Waals surface area contributed by atoms with E-state index in [-0.39, 0.29) is 44.0 Å². The number of aliphatic hydroxyl groups is 5. The number of carbonyl (C=O) groups excluding carboxylic acids is 2. The summed E-state index contributed by atoms with van der Waals surface area (Å²) in [4.78, 5) is 24.8. The van der Waals surface area contributed by atoms with Gasteiger partial charge in [0.1, 0.15) is 5.78 Å². The molecule has 0 aromatic heterocycles. The van der Waals surface area contributed by atoms with Crippen LogP contribution in [0.2, 0.25) is 0 Å². The first-order chi connectivity index (χ1) is 14.0. The zero-order valence-electron chi connectivity index (χ0n) is 17.7. The normalized spacial score (nSPS) is 52.9. The van der Waals surface area contributed by atoms with Crippen molar-refractivity contribution in [3.63, 3.8) is 0 Å². The standard InChI is InChI=1S/C22H34O8/c1-3-30-18(27)14-5-7-22(29)13-4-6-20(28)9-12(24)8-16(26)21(20,11-23)17(13)15(25)10-19(14,22)2/h13-17,23,25-26,28-29H,3-11H2,1-2H3/t13-,14-,15+,16-,17-,19-,20+,21+,22-/m0/s1. The fourth-order valence-corrected chi connectivity index (χ4v) is 7.94. The van der Waals surface area contributed by atoms with Crippen LogP contribution in [-0.4, -0.2) is 73.9 Å². The van der Waals surface area contributed by atoms with Crippen molar-refractivity contribution in [2.45, 2.75) is 82.2 Å². The van der Waals surface area contributed by atoms with Crippen LogP contribution in [0.5, 0.6) is 0 Å². The van der Waals surface area contributed by atoms with Gasteiger partial charge < -0.3 is 30.3 Å². The predicted molar refractivity (Wildman–Crippen MR) is 104 cm³/mol. The Morgan fingerprint density at radius 1 is 1.20 bits per heavy atom. The van der Waals surface area contributed by atoms with Gasteiger partial charge in [0, 0.05) is 24.2 Å². The first-order valence-corrected chi connectivity index (χ1v) is 11.1. The molecule has 0 aromatic carbocycles. The van der Waals surface area contributed by atoms with Crippen LogP contribution in [0.4, 0.5) is 0 Å². The third kappa shape index (κ3) is 2.51. The number of esters is 1. The Kier molecular flexibility index (Phi) is 5.14. The Bertz CT molecular complexity index is 741. The van der Waals surface area contributed by atoms with Gasteiger partial charge in [0.25, 0.3) is 0 Å². The van der Waals surface area contributed by atoms with Gasteiger partial charge in [-0.2, -0.15) is 0 Å². The molecule has 8 nitrogen and oxygen atoms in total. The summed E-state index contributed by atoms with van der Waals surface area (Å²) >= 11 is 0. The molecule has 4 fully saturated rings. The number of rotatable bonds is 3. The molecule has 0 unspecified atom stereocenters. The second kappa shape index (κ2) is 6.97. The Morgan fingerprint density at radius 3 is 2.53 bits per heavy atom. The predicted octanol–water partition coefficient (Wildman–Crippen LogP) is -0.0787. The van der Waals surface area contributed by atoms with Crippen LogP contribution >= 0.6 is 0 Å². The zero-order valence-corrected chi connectivity index (χ0v) is 17.7. The van der Waals surface area contributed by atoms with E-state index in [1.165, 1.54) is 0 Å². The lowest BCUT2D eigenvalue weighted by atomic mass is 9.40. The zero-order chi connectivity index (χ0) is 22.1. The Hall–Kier alpha value is -1.06. The molecule has 9 atom stereocenters. The van der Waals surface area contributed by atoms with Crippen molar-refractivity contribution in [3.8, 4) is 0 Å². The summed E-state index contributed by atoms with van der Waals surface area (Å²) in [5.74, 6) is -2.52. The summed E-state index contributed by atoms with van der Waals surface area (Å²) < 4.78 is 5.24. The van der Waals surface area contributed by atoms with Crippen molar-refractivity contribution in [3.05, 3.63) is 0 Å². The summed E-state index contributed by atoms with van der Waals surface area (Å²) in [7, 11) is 0. The van der Waals surface area contributed by atoms with Crippen molar-refractivity contribution < 1.29 is 39.9 Å². The highest BCUT2D eigenvalue weighted by Gasteiger charge is 2.75. The molecule has 0 saturated heterocycles. The molecule has 4 aliphatic carbocycles. The highest BCUT2D eigenvalue weighted by atomic mass is 16.5. The van der Waals surface area contributed by atoms with Crippen molar-refractivity contribution in [2.24, 2.45) is 28.6 Å². The van der Waals surface area contributed by atoms with Crippen LogP contribution in [0, 0.1) is 28.6 Å². The van der Waals surface area contributed by atoms with E-state index in [0.717, 1.165) is 0 Å². The van der Waals surface area contributed by atoms with E-state index in [1.54, 1.807) is 6.92 Å². The molecule has 0 bridgehead atoms. The number of fused-ring (bicyclic) bond motifs is 5. The van der Waals surface area contributed by atoms with Crippen LogP contribution in [0.15, 0.2) is 0 Å². The van der Waals surface area contributed by atoms with Crippen molar-refractivity contribution >= 4 is 11.8 Å². The lowest BCUT2D eigenvalue weighted by molar-refractivity contribution is -0.304. The van der Waals surface area contributed by atoms with Crippen molar-refractivity contribution in [1.82, 2.24) is 0 Å². The van der Waals surface area contributed by atoms with Crippen molar-refractivity contribution in [1.29, 1.82) is 0 Å². The van der Waals surface area contributed by atoms with Gasteiger partial charge in [-0.25, -0.2) is 0 Å². The van der Waals surface area contributed by atoms with E-state index < -0.39 is 58.6 Å². The summed E-state index contributed by atoms with van der Waals surface area (Å²) in [5, 5.41) is 56.1. The van der Waals surface area contributed by atoms with Gasteiger partial charge in [0.2, 0.25) is 0 Å². The third-order valence-corrected chi connectivity index (χ3v) is 9.33. The maximum Gasteiger partial charge on any atom is 0.309 e. The number of hydrogen-bond acceptors (Lipinski definition) is 8. The third-order valence-electron chi connectivity index (χ3n) is 9.33. The van der Waals surface area contributed by atoms with E-state index in [0.29, 0.717) is 19.3 Å². The molecule has 0 heterocycles.